The summed E-state index contributed by atoms with van der Waals surface area (Å²) >= 11 is 18.1. The van der Waals surface area contributed by atoms with Crippen molar-refractivity contribution >= 4 is 40.6 Å². The molecule has 0 saturated heterocycles. The molecule has 0 saturated carbocycles. The summed E-state index contributed by atoms with van der Waals surface area (Å²) in [4.78, 5) is 4.95. The Hall–Kier alpha value is -2.00. The standard InChI is InChI=1S/C21H15Cl3N2/c22-16-7-1-13(2-8-16)19-20(14-3-9-17(23)10-4-14)26-21(25-19)15-5-11-18(24)12-6-15/h1-12,19-20H,(H,25,26). The van der Waals surface area contributed by atoms with E-state index in [1.54, 1.807) is 0 Å². The summed E-state index contributed by atoms with van der Waals surface area (Å²) in [6.45, 7) is 0. The molecule has 26 heavy (non-hydrogen) atoms. The molecule has 3 aromatic carbocycles. The van der Waals surface area contributed by atoms with E-state index in [1.807, 2.05) is 72.8 Å². The smallest absolute Gasteiger partial charge is 0.129 e. The van der Waals surface area contributed by atoms with Crippen LogP contribution in [0.3, 0.4) is 0 Å². The van der Waals surface area contributed by atoms with Crippen molar-refractivity contribution in [3.05, 3.63) is 105 Å². The van der Waals surface area contributed by atoms with E-state index in [4.69, 9.17) is 39.8 Å². The van der Waals surface area contributed by atoms with Gasteiger partial charge in [-0.3, -0.25) is 4.99 Å². The Bertz CT molecular complexity index is 933. The minimum Gasteiger partial charge on any atom is -0.361 e. The quantitative estimate of drug-likeness (QED) is 0.533. The fourth-order valence-corrected chi connectivity index (χ4v) is 3.48. The summed E-state index contributed by atoms with van der Waals surface area (Å²) in [6.07, 6.45) is 0. The normalized spacial score (nSPS) is 19.1. The van der Waals surface area contributed by atoms with Crippen LogP contribution in [-0.2, 0) is 0 Å². The summed E-state index contributed by atoms with van der Waals surface area (Å²) in [5.74, 6) is 0.849. The molecule has 2 nitrogen and oxygen atoms in total. The highest BCUT2D eigenvalue weighted by Gasteiger charge is 2.31. The minimum absolute atomic E-state index is 0.0131. The molecule has 130 valence electrons. The van der Waals surface area contributed by atoms with Crippen molar-refractivity contribution in [3.63, 3.8) is 0 Å². The number of hydrogen-bond donors (Lipinski definition) is 1. The third kappa shape index (κ3) is 3.59. The summed E-state index contributed by atoms with van der Waals surface area (Å²) in [5, 5.41) is 5.69. The van der Waals surface area contributed by atoms with Gasteiger partial charge in [0.05, 0.1) is 6.04 Å². The Morgan fingerprint density at radius 1 is 0.615 bits per heavy atom. The number of hydrogen-bond acceptors (Lipinski definition) is 2. The second kappa shape index (κ2) is 7.32. The van der Waals surface area contributed by atoms with Crippen molar-refractivity contribution in [2.75, 3.05) is 0 Å². The van der Waals surface area contributed by atoms with Crippen LogP contribution < -0.4 is 5.32 Å². The van der Waals surface area contributed by atoms with Gasteiger partial charge in [-0.05, 0) is 59.7 Å². The molecular formula is C21H15Cl3N2. The van der Waals surface area contributed by atoms with Gasteiger partial charge in [0.1, 0.15) is 11.9 Å². The molecule has 0 aromatic heterocycles. The molecule has 0 amide bonds. The number of rotatable bonds is 3. The second-order valence-electron chi connectivity index (χ2n) is 6.15. The summed E-state index contributed by atoms with van der Waals surface area (Å²) in [6, 6.07) is 23.3. The summed E-state index contributed by atoms with van der Waals surface area (Å²) < 4.78 is 0. The maximum absolute atomic E-state index is 6.05. The SMILES string of the molecule is Clc1ccc(C2=NC(c3ccc(Cl)cc3)C(c3ccc(Cl)cc3)N2)cc1. The monoisotopic (exact) mass is 400 g/mol. The molecule has 3 aromatic rings. The molecule has 0 radical (unpaired) electrons. The van der Waals surface area contributed by atoms with E-state index in [0.717, 1.165) is 22.5 Å². The van der Waals surface area contributed by atoms with Gasteiger partial charge in [-0.15, -0.1) is 0 Å². The first-order chi connectivity index (χ1) is 12.6. The molecule has 1 aliphatic rings. The summed E-state index contributed by atoms with van der Waals surface area (Å²) in [7, 11) is 0. The van der Waals surface area contributed by atoms with Gasteiger partial charge in [0.2, 0.25) is 0 Å². The van der Waals surface area contributed by atoms with Crippen molar-refractivity contribution in [2.24, 2.45) is 4.99 Å². The topological polar surface area (TPSA) is 24.4 Å². The largest absolute Gasteiger partial charge is 0.361 e. The number of benzene rings is 3. The second-order valence-corrected chi connectivity index (χ2v) is 7.46. The fourth-order valence-electron chi connectivity index (χ4n) is 3.11. The van der Waals surface area contributed by atoms with E-state index < -0.39 is 0 Å². The first-order valence-corrected chi connectivity index (χ1v) is 9.35. The fraction of sp³-hybridized carbons (Fsp3) is 0.0952. The Labute approximate surface area is 167 Å². The van der Waals surface area contributed by atoms with Crippen LogP contribution in [-0.4, -0.2) is 5.84 Å². The van der Waals surface area contributed by atoms with E-state index in [1.165, 1.54) is 0 Å². The van der Waals surface area contributed by atoms with Crippen molar-refractivity contribution < 1.29 is 0 Å². The van der Waals surface area contributed by atoms with Crippen LogP contribution in [0.25, 0.3) is 0 Å². The lowest BCUT2D eigenvalue weighted by Gasteiger charge is -2.20. The number of halogens is 3. The minimum atomic E-state index is -0.0564. The molecule has 2 unspecified atom stereocenters. The molecule has 4 rings (SSSR count). The maximum Gasteiger partial charge on any atom is 0.129 e. The predicted octanol–water partition coefficient (Wildman–Crippen LogP) is 6.48. The molecule has 2 atom stereocenters. The molecular weight excluding hydrogens is 387 g/mol. The van der Waals surface area contributed by atoms with Gasteiger partial charge in [-0.25, -0.2) is 0 Å². The first-order valence-electron chi connectivity index (χ1n) is 8.21. The third-order valence-corrected chi connectivity index (χ3v) is 5.19. The molecule has 0 aliphatic carbocycles. The van der Waals surface area contributed by atoms with E-state index in [-0.39, 0.29) is 12.1 Å². The van der Waals surface area contributed by atoms with E-state index in [2.05, 4.69) is 5.32 Å². The van der Waals surface area contributed by atoms with Crippen LogP contribution in [0.4, 0.5) is 0 Å². The molecule has 5 heteroatoms. The van der Waals surface area contributed by atoms with Gasteiger partial charge in [0.15, 0.2) is 0 Å². The highest BCUT2D eigenvalue weighted by atomic mass is 35.5. The number of aliphatic imine (C=N–C) groups is 1. The lowest BCUT2D eigenvalue weighted by Crippen LogP contribution is -2.25. The molecule has 0 fully saturated rings. The van der Waals surface area contributed by atoms with Crippen molar-refractivity contribution in [1.29, 1.82) is 0 Å². The number of amidine groups is 1. The average molecular weight is 402 g/mol. The van der Waals surface area contributed by atoms with Crippen LogP contribution in [0.15, 0.2) is 77.8 Å². The Kier molecular flexibility index (Phi) is 4.90. The molecule has 0 bridgehead atoms. The number of nitrogens with one attached hydrogen (secondary N) is 1. The van der Waals surface area contributed by atoms with Crippen LogP contribution in [0.2, 0.25) is 15.1 Å². The average Bonchev–Trinajstić information content (AvgIpc) is 3.09. The van der Waals surface area contributed by atoms with Crippen molar-refractivity contribution in [3.8, 4) is 0 Å². The van der Waals surface area contributed by atoms with Crippen LogP contribution in [0.5, 0.6) is 0 Å². The highest BCUT2D eigenvalue weighted by Crippen LogP contribution is 2.37. The zero-order valence-corrected chi connectivity index (χ0v) is 15.9. The van der Waals surface area contributed by atoms with E-state index in [0.29, 0.717) is 15.1 Å². The van der Waals surface area contributed by atoms with Crippen LogP contribution in [0, 0.1) is 0 Å². The van der Waals surface area contributed by atoms with Gasteiger partial charge in [0.25, 0.3) is 0 Å². The lowest BCUT2D eigenvalue weighted by atomic mass is 9.95. The Balaban J connectivity index is 1.74. The first kappa shape index (κ1) is 17.4. The third-order valence-electron chi connectivity index (χ3n) is 4.43. The van der Waals surface area contributed by atoms with Crippen LogP contribution >= 0.6 is 34.8 Å². The Morgan fingerprint density at radius 3 is 1.62 bits per heavy atom. The van der Waals surface area contributed by atoms with Gasteiger partial charge in [0, 0.05) is 20.6 Å². The van der Waals surface area contributed by atoms with Crippen molar-refractivity contribution in [2.45, 2.75) is 12.1 Å². The number of nitrogens with zero attached hydrogens (tertiary/aromatic N) is 1. The van der Waals surface area contributed by atoms with Crippen molar-refractivity contribution in [1.82, 2.24) is 5.32 Å². The van der Waals surface area contributed by atoms with Gasteiger partial charge < -0.3 is 5.32 Å². The molecule has 1 heterocycles. The predicted molar refractivity (Wildman–Crippen MR) is 110 cm³/mol. The van der Waals surface area contributed by atoms with Gasteiger partial charge in [-0.2, -0.15) is 0 Å². The van der Waals surface area contributed by atoms with E-state index >= 15 is 0 Å². The van der Waals surface area contributed by atoms with E-state index in [9.17, 15) is 0 Å². The zero-order chi connectivity index (χ0) is 18.1. The molecule has 1 N–H and O–H groups in total. The van der Waals surface area contributed by atoms with Gasteiger partial charge >= 0.3 is 0 Å². The molecule has 1 aliphatic heterocycles. The maximum atomic E-state index is 6.05. The van der Waals surface area contributed by atoms with Crippen LogP contribution in [0.1, 0.15) is 28.8 Å². The molecule has 0 spiro atoms. The highest BCUT2D eigenvalue weighted by molar-refractivity contribution is 6.31. The zero-order valence-electron chi connectivity index (χ0n) is 13.7. The van der Waals surface area contributed by atoms with Gasteiger partial charge in [-0.1, -0.05) is 59.1 Å². The lowest BCUT2D eigenvalue weighted by molar-refractivity contribution is 0.572. The summed E-state index contributed by atoms with van der Waals surface area (Å²) in [5.41, 5.74) is 3.23. The Morgan fingerprint density at radius 2 is 1.08 bits per heavy atom.